The van der Waals surface area contributed by atoms with Gasteiger partial charge in [-0.1, -0.05) is 19.1 Å². The zero-order valence-corrected chi connectivity index (χ0v) is 17.5. The quantitative estimate of drug-likeness (QED) is 0.670. The van der Waals surface area contributed by atoms with E-state index in [0.29, 0.717) is 18.9 Å². The number of nitrogens with zero attached hydrogens (tertiary/aromatic N) is 1. The van der Waals surface area contributed by atoms with E-state index in [4.69, 9.17) is 9.47 Å². The number of anilines is 2. The minimum atomic E-state index is 0.0324. The molecule has 5 nitrogen and oxygen atoms in total. The molecule has 0 aliphatic carbocycles. The highest BCUT2D eigenvalue weighted by atomic mass is 16.5. The Morgan fingerprint density at radius 1 is 1.07 bits per heavy atom. The summed E-state index contributed by atoms with van der Waals surface area (Å²) in [5.74, 6) is 0.913. The predicted octanol–water partition coefficient (Wildman–Crippen LogP) is 4.66. The monoisotopic (exact) mass is 396 g/mol. The Hall–Kier alpha value is -2.53. The van der Waals surface area contributed by atoms with Crippen molar-refractivity contribution in [3.8, 4) is 5.75 Å². The summed E-state index contributed by atoms with van der Waals surface area (Å²) in [6.07, 6.45) is 4.66. The number of hydrogen-bond donors (Lipinski definition) is 1. The van der Waals surface area contributed by atoms with Crippen LogP contribution in [0.15, 0.2) is 48.5 Å². The second kappa shape index (κ2) is 10.9. The molecule has 1 N–H and O–H groups in total. The average Bonchev–Trinajstić information content (AvgIpc) is 2.77. The number of nitrogens with one attached hydrogen (secondary N) is 1. The van der Waals surface area contributed by atoms with Gasteiger partial charge in [0.15, 0.2) is 0 Å². The number of carbonyl (C=O) groups is 1. The van der Waals surface area contributed by atoms with Crippen molar-refractivity contribution >= 4 is 17.3 Å². The lowest BCUT2D eigenvalue weighted by Gasteiger charge is -2.33. The molecule has 1 saturated heterocycles. The number of ether oxygens (including phenoxy) is 2. The third kappa shape index (κ3) is 6.50. The standard InChI is InChI=1S/C24H32N2O3/c1-3-18-29-23-11-4-19(5-12-23)6-13-24(27)25-20-7-9-21(10-8-20)26-16-14-22(28-2)15-17-26/h4-5,7-12,22H,3,6,13-18H2,1-2H3,(H,25,27). The lowest BCUT2D eigenvalue weighted by Crippen LogP contribution is -2.36. The fourth-order valence-electron chi connectivity index (χ4n) is 3.56. The number of benzene rings is 2. The van der Waals surface area contributed by atoms with Crippen molar-refractivity contribution in [2.45, 2.75) is 45.1 Å². The van der Waals surface area contributed by atoms with Gasteiger partial charge in [0.2, 0.25) is 5.91 Å². The van der Waals surface area contributed by atoms with Crippen LogP contribution in [0, 0.1) is 0 Å². The zero-order valence-electron chi connectivity index (χ0n) is 17.5. The molecule has 0 bridgehead atoms. The van der Waals surface area contributed by atoms with Gasteiger partial charge in [0.05, 0.1) is 12.7 Å². The fourth-order valence-corrected chi connectivity index (χ4v) is 3.56. The summed E-state index contributed by atoms with van der Waals surface area (Å²) in [6, 6.07) is 16.1. The Kier molecular flexibility index (Phi) is 7.94. The minimum Gasteiger partial charge on any atom is -0.494 e. The second-order valence-electron chi connectivity index (χ2n) is 7.51. The number of rotatable bonds is 9. The van der Waals surface area contributed by atoms with Gasteiger partial charge < -0.3 is 19.7 Å². The molecular weight excluding hydrogens is 364 g/mol. The number of piperidine rings is 1. The number of carbonyl (C=O) groups excluding carboxylic acids is 1. The first-order chi connectivity index (χ1) is 14.2. The van der Waals surface area contributed by atoms with E-state index >= 15 is 0 Å². The molecule has 0 spiro atoms. The Bertz CT molecular complexity index is 751. The number of aryl methyl sites for hydroxylation is 1. The molecule has 5 heteroatoms. The lowest BCUT2D eigenvalue weighted by molar-refractivity contribution is -0.116. The van der Waals surface area contributed by atoms with Gasteiger partial charge in [-0.05, 0) is 67.6 Å². The summed E-state index contributed by atoms with van der Waals surface area (Å²) in [6.45, 7) is 4.83. The molecule has 156 valence electrons. The fraction of sp³-hybridized carbons (Fsp3) is 0.458. The summed E-state index contributed by atoms with van der Waals surface area (Å²) in [4.78, 5) is 14.7. The van der Waals surface area contributed by atoms with Crippen LogP contribution in [0.4, 0.5) is 11.4 Å². The van der Waals surface area contributed by atoms with Crippen LogP contribution in [-0.2, 0) is 16.0 Å². The highest BCUT2D eigenvalue weighted by Gasteiger charge is 2.18. The Labute approximate surface area is 174 Å². The summed E-state index contributed by atoms with van der Waals surface area (Å²) >= 11 is 0. The molecule has 2 aromatic carbocycles. The SMILES string of the molecule is CCCOc1ccc(CCC(=O)Nc2ccc(N3CCC(OC)CC3)cc2)cc1. The molecule has 2 aromatic rings. The molecule has 1 aliphatic rings. The average molecular weight is 397 g/mol. The Morgan fingerprint density at radius 3 is 2.38 bits per heavy atom. The molecule has 0 aromatic heterocycles. The van der Waals surface area contributed by atoms with Gasteiger partial charge in [-0.25, -0.2) is 0 Å². The highest BCUT2D eigenvalue weighted by Crippen LogP contribution is 2.23. The number of amides is 1. The molecule has 29 heavy (non-hydrogen) atoms. The number of methoxy groups -OCH3 is 1. The Morgan fingerprint density at radius 2 is 1.76 bits per heavy atom. The molecule has 1 fully saturated rings. The van der Waals surface area contributed by atoms with Gasteiger partial charge in [-0.2, -0.15) is 0 Å². The summed E-state index contributed by atoms with van der Waals surface area (Å²) in [5.41, 5.74) is 3.18. The molecule has 0 unspecified atom stereocenters. The molecule has 1 amide bonds. The highest BCUT2D eigenvalue weighted by molar-refractivity contribution is 5.91. The maximum Gasteiger partial charge on any atom is 0.224 e. The normalized spacial score (nSPS) is 14.6. The van der Waals surface area contributed by atoms with Crippen LogP contribution < -0.4 is 15.0 Å². The van der Waals surface area contributed by atoms with Gasteiger partial charge in [0.1, 0.15) is 5.75 Å². The summed E-state index contributed by atoms with van der Waals surface area (Å²) in [7, 11) is 1.79. The van der Waals surface area contributed by atoms with Gasteiger partial charge in [0.25, 0.3) is 0 Å². The smallest absolute Gasteiger partial charge is 0.224 e. The van der Waals surface area contributed by atoms with E-state index in [1.54, 1.807) is 7.11 Å². The third-order valence-corrected chi connectivity index (χ3v) is 5.33. The molecule has 0 saturated carbocycles. The summed E-state index contributed by atoms with van der Waals surface area (Å²) < 4.78 is 11.0. The largest absolute Gasteiger partial charge is 0.494 e. The van der Waals surface area contributed by atoms with Crippen LogP contribution in [0.25, 0.3) is 0 Å². The van der Waals surface area contributed by atoms with Crippen LogP contribution in [0.2, 0.25) is 0 Å². The molecule has 1 heterocycles. The van der Waals surface area contributed by atoms with E-state index in [9.17, 15) is 4.79 Å². The Balaban J connectivity index is 1.43. The van der Waals surface area contributed by atoms with Crippen molar-refractivity contribution in [1.82, 2.24) is 0 Å². The van der Waals surface area contributed by atoms with Crippen LogP contribution in [0.1, 0.15) is 38.2 Å². The maximum absolute atomic E-state index is 12.3. The van der Waals surface area contributed by atoms with Gasteiger partial charge in [-0.15, -0.1) is 0 Å². The van der Waals surface area contributed by atoms with Crippen LogP contribution in [0.3, 0.4) is 0 Å². The minimum absolute atomic E-state index is 0.0324. The first kappa shape index (κ1) is 21.2. The van der Waals surface area contributed by atoms with Crippen molar-refractivity contribution in [3.05, 3.63) is 54.1 Å². The molecule has 0 atom stereocenters. The van der Waals surface area contributed by atoms with Crippen molar-refractivity contribution in [3.63, 3.8) is 0 Å². The first-order valence-corrected chi connectivity index (χ1v) is 10.6. The van der Waals surface area contributed by atoms with Crippen molar-refractivity contribution in [2.24, 2.45) is 0 Å². The van der Waals surface area contributed by atoms with E-state index in [2.05, 4.69) is 29.3 Å². The van der Waals surface area contributed by atoms with Crippen molar-refractivity contribution < 1.29 is 14.3 Å². The van der Waals surface area contributed by atoms with Crippen LogP contribution in [-0.4, -0.2) is 38.8 Å². The predicted molar refractivity (Wildman–Crippen MR) is 118 cm³/mol. The maximum atomic E-state index is 12.3. The van der Waals surface area contributed by atoms with Crippen molar-refractivity contribution in [1.29, 1.82) is 0 Å². The molecule has 0 radical (unpaired) electrons. The zero-order chi connectivity index (χ0) is 20.5. The van der Waals surface area contributed by atoms with Gasteiger partial charge in [-0.3, -0.25) is 4.79 Å². The second-order valence-corrected chi connectivity index (χ2v) is 7.51. The van der Waals surface area contributed by atoms with Crippen LogP contribution in [0.5, 0.6) is 5.75 Å². The van der Waals surface area contributed by atoms with E-state index < -0.39 is 0 Å². The van der Waals surface area contributed by atoms with Gasteiger partial charge >= 0.3 is 0 Å². The molecule has 3 rings (SSSR count). The molecule has 1 aliphatic heterocycles. The van der Waals surface area contributed by atoms with Gasteiger partial charge in [0, 0.05) is 38.0 Å². The van der Waals surface area contributed by atoms with Crippen LogP contribution >= 0.6 is 0 Å². The van der Waals surface area contributed by atoms with E-state index in [0.717, 1.165) is 56.0 Å². The third-order valence-electron chi connectivity index (χ3n) is 5.33. The summed E-state index contributed by atoms with van der Waals surface area (Å²) in [5, 5.41) is 3.00. The van der Waals surface area contributed by atoms with E-state index in [1.807, 2.05) is 36.4 Å². The lowest BCUT2D eigenvalue weighted by atomic mass is 10.1. The topological polar surface area (TPSA) is 50.8 Å². The van der Waals surface area contributed by atoms with E-state index in [1.165, 1.54) is 5.69 Å². The van der Waals surface area contributed by atoms with E-state index in [-0.39, 0.29) is 5.91 Å². The van der Waals surface area contributed by atoms with Crippen molar-refractivity contribution in [2.75, 3.05) is 37.0 Å². The first-order valence-electron chi connectivity index (χ1n) is 10.6. The number of hydrogen-bond acceptors (Lipinski definition) is 4. The molecular formula is C24H32N2O3.